The molecule has 1 aromatic heterocycles. The van der Waals surface area contributed by atoms with E-state index >= 15 is 0 Å². The van der Waals surface area contributed by atoms with E-state index in [2.05, 4.69) is 0 Å². The summed E-state index contributed by atoms with van der Waals surface area (Å²) in [6.07, 6.45) is 0.938. The van der Waals surface area contributed by atoms with E-state index < -0.39 is 17.3 Å². The van der Waals surface area contributed by atoms with Crippen LogP contribution in [0.3, 0.4) is 0 Å². The van der Waals surface area contributed by atoms with Crippen molar-refractivity contribution in [3.63, 3.8) is 0 Å². The zero-order chi connectivity index (χ0) is 8.43. The van der Waals surface area contributed by atoms with Gasteiger partial charge in [0.2, 0.25) is 0 Å². The number of carboxylic acids is 1. The predicted molar refractivity (Wildman–Crippen MR) is 34.0 cm³/mol. The van der Waals surface area contributed by atoms with Crippen LogP contribution in [0.4, 0.5) is 4.39 Å². The fourth-order valence-corrected chi connectivity index (χ4v) is 0.579. The molecule has 4 nitrogen and oxygen atoms in total. The number of nitrogens with one attached hydrogen (secondary N) is 1. The number of carbonyl (C=O) groups is 1. The van der Waals surface area contributed by atoms with Gasteiger partial charge >= 0.3 is 5.97 Å². The third-order valence-electron chi connectivity index (χ3n) is 1.10. The van der Waals surface area contributed by atoms with Crippen LogP contribution in [-0.2, 0) is 0 Å². The fourth-order valence-electron chi connectivity index (χ4n) is 0.579. The Morgan fingerprint density at radius 3 is 2.73 bits per heavy atom. The van der Waals surface area contributed by atoms with Crippen LogP contribution in [0.2, 0.25) is 0 Å². The van der Waals surface area contributed by atoms with Crippen molar-refractivity contribution in [2.75, 3.05) is 0 Å². The molecule has 2 N–H and O–H groups in total. The Labute approximate surface area is 60.3 Å². The number of pyridine rings is 1. The van der Waals surface area contributed by atoms with Gasteiger partial charge in [-0.15, -0.1) is 0 Å². The van der Waals surface area contributed by atoms with Gasteiger partial charge in [0.1, 0.15) is 0 Å². The molecule has 0 atom stereocenters. The molecule has 0 saturated carbocycles. The molecule has 0 bridgehead atoms. The minimum atomic E-state index is -1.28. The highest BCUT2D eigenvalue weighted by Gasteiger charge is 2.05. The van der Waals surface area contributed by atoms with E-state index in [0.29, 0.717) is 6.07 Å². The van der Waals surface area contributed by atoms with E-state index in [1.807, 2.05) is 4.98 Å². The number of aromatic nitrogens is 1. The predicted octanol–water partition coefficient (Wildman–Crippen LogP) is 0.212. The summed E-state index contributed by atoms with van der Waals surface area (Å²) in [5.41, 5.74) is -1.20. The van der Waals surface area contributed by atoms with Gasteiger partial charge in [0, 0.05) is 6.20 Å². The van der Waals surface area contributed by atoms with E-state index in [-0.39, 0.29) is 5.56 Å². The highest BCUT2D eigenvalue weighted by atomic mass is 19.1. The Morgan fingerprint density at radius 1 is 1.64 bits per heavy atom. The maximum atomic E-state index is 12.3. The zero-order valence-electron chi connectivity index (χ0n) is 5.30. The lowest BCUT2D eigenvalue weighted by Gasteiger charge is -1.91. The van der Waals surface area contributed by atoms with Gasteiger partial charge in [-0.25, -0.2) is 9.18 Å². The lowest BCUT2D eigenvalue weighted by molar-refractivity contribution is 0.0696. The molecular weight excluding hydrogens is 153 g/mol. The Balaban J connectivity index is 3.26. The molecule has 1 rings (SSSR count). The number of H-pyrrole nitrogens is 1. The normalized spacial score (nSPS) is 9.55. The van der Waals surface area contributed by atoms with Crippen molar-refractivity contribution in [2.45, 2.75) is 0 Å². The van der Waals surface area contributed by atoms with Crippen molar-refractivity contribution in [3.8, 4) is 0 Å². The molecule has 0 fully saturated rings. The minimum absolute atomic E-state index is 0.276. The zero-order valence-corrected chi connectivity index (χ0v) is 5.30. The first kappa shape index (κ1) is 7.46. The summed E-state index contributed by atoms with van der Waals surface area (Å²) in [5, 5.41) is 8.31. The molecule has 0 aromatic carbocycles. The molecule has 0 aliphatic heterocycles. The van der Waals surface area contributed by atoms with Gasteiger partial charge in [0.25, 0.3) is 5.56 Å². The van der Waals surface area contributed by atoms with Crippen molar-refractivity contribution in [3.05, 3.63) is 34.0 Å². The number of aromatic carboxylic acids is 1. The highest BCUT2D eigenvalue weighted by Crippen LogP contribution is 1.95. The molecule has 0 saturated heterocycles. The van der Waals surface area contributed by atoms with Gasteiger partial charge in [0.15, 0.2) is 5.82 Å². The minimum Gasteiger partial charge on any atom is -0.478 e. The van der Waals surface area contributed by atoms with Crippen LogP contribution in [0.15, 0.2) is 17.1 Å². The summed E-state index contributed by atoms with van der Waals surface area (Å²) in [7, 11) is 0. The number of hydrogen-bond donors (Lipinski definition) is 2. The average Bonchev–Trinajstić information content (AvgIpc) is 1.94. The first-order valence-corrected chi connectivity index (χ1v) is 2.73. The summed E-state index contributed by atoms with van der Waals surface area (Å²) >= 11 is 0. The highest BCUT2D eigenvalue weighted by molar-refractivity contribution is 5.87. The van der Waals surface area contributed by atoms with Crippen molar-refractivity contribution < 1.29 is 14.3 Å². The van der Waals surface area contributed by atoms with Crippen molar-refractivity contribution in [1.82, 2.24) is 4.98 Å². The first-order valence-electron chi connectivity index (χ1n) is 2.73. The van der Waals surface area contributed by atoms with Gasteiger partial charge in [-0.05, 0) is 6.07 Å². The molecule has 1 heterocycles. The van der Waals surface area contributed by atoms with Gasteiger partial charge in [0.05, 0.1) is 5.56 Å². The number of aromatic amines is 1. The van der Waals surface area contributed by atoms with Gasteiger partial charge in [-0.1, -0.05) is 0 Å². The molecular formula is C6H4FNO3. The summed E-state index contributed by atoms with van der Waals surface area (Å²) in [6, 6.07) is 0.668. The third-order valence-corrected chi connectivity index (χ3v) is 1.10. The lowest BCUT2D eigenvalue weighted by Crippen LogP contribution is -2.12. The topological polar surface area (TPSA) is 70.2 Å². The summed E-state index contributed by atoms with van der Waals surface area (Å²) in [5.74, 6) is -2.37. The Kier molecular flexibility index (Phi) is 1.72. The van der Waals surface area contributed by atoms with Crippen LogP contribution in [0.1, 0.15) is 10.4 Å². The van der Waals surface area contributed by atoms with E-state index in [9.17, 15) is 14.0 Å². The molecule has 11 heavy (non-hydrogen) atoms. The molecule has 0 aliphatic rings. The molecule has 5 heteroatoms. The third kappa shape index (κ3) is 1.43. The largest absolute Gasteiger partial charge is 0.478 e. The number of carboxylic acid groups (broad SMARTS) is 1. The van der Waals surface area contributed by atoms with Gasteiger partial charge in [-0.2, -0.15) is 0 Å². The second-order valence-corrected chi connectivity index (χ2v) is 1.87. The summed E-state index contributed by atoms with van der Waals surface area (Å²) in [6.45, 7) is 0. The lowest BCUT2D eigenvalue weighted by atomic mass is 10.3. The van der Waals surface area contributed by atoms with Crippen LogP contribution < -0.4 is 5.56 Å². The molecule has 0 spiro atoms. The van der Waals surface area contributed by atoms with Crippen LogP contribution in [-0.4, -0.2) is 16.1 Å². The van der Waals surface area contributed by atoms with E-state index in [1.54, 1.807) is 0 Å². The van der Waals surface area contributed by atoms with E-state index in [4.69, 9.17) is 5.11 Å². The number of rotatable bonds is 1. The maximum Gasteiger partial charge on any atom is 0.337 e. The van der Waals surface area contributed by atoms with Crippen LogP contribution >= 0.6 is 0 Å². The monoisotopic (exact) mass is 157 g/mol. The van der Waals surface area contributed by atoms with E-state index in [0.717, 1.165) is 6.20 Å². The molecule has 58 valence electrons. The van der Waals surface area contributed by atoms with Gasteiger partial charge in [-0.3, -0.25) is 4.79 Å². The molecule has 0 amide bonds. The SMILES string of the molecule is O=C(O)c1c[nH]c(=O)c(F)c1. The second kappa shape index (κ2) is 2.53. The van der Waals surface area contributed by atoms with Crippen LogP contribution in [0.5, 0.6) is 0 Å². The smallest absolute Gasteiger partial charge is 0.337 e. The van der Waals surface area contributed by atoms with E-state index in [1.165, 1.54) is 0 Å². The molecule has 1 aromatic rings. The molecule has 0 radical (unpaired) electrons. The fraction of sp³-hybridized carbons (Fsp3) is 0. The second-order valence-electron chi connectivity index (χ2n) is 1.87. The summed E-state index contributed by atoms with van der Waals surface area (Å²) < 4.78 is 12.3. The first-order chi connectivity index (χ1) is 5.11. The quantitative estimate of drug-likeness (QED) is 0.612. The van der Waals surface area contributed by atoms with Crippen molar-refractivity contribution >= 4 is 5.97 Å². The Bertz CT molecular complexity index is 344. The number of hydrogen-bond acceptors (Lipinski definition) is 2. The Hall–Kier alpha value is -1.65. The standard InChI is InChI=1S/C6H4FNO3/c7-4-1-3(6(10)11)2-8-5(4)9/h1-2H,(H,8,9)(H,10,11). The van der Waals surface area contributed by atoms with Crippen LogP contribution in [0.25, 0.3) is 0 Å². The Morgan fingerprint density at radius 2 is 2.27 bits per heavy atom. The van der Waals surface area contributed by atoms with Crippen molar-refractivity contribution in [1.29, 1.82) is 0 Å². The summed E-state index contributed by atoms with van der Waals surface area (Å²) in [4.78, 5) is 22.5. The van der Waals surface area contributed by atoms with Gasteiger partial charge < -0.3 is 10.1 Å². The average molecular weight is 157 g/mol. The molecule has 0 unspecified atom stereocenters. The maximum absolute atomic E-state index is 12.3. The molecule has 0 aliphatic carbocycles. The van der Waals surface area contributed by atoms with Crippen molar-refractivity contribution in [2.24, 2.45) is 0 Å². The van der Waals surface area contributed by atoms with Crippen LogP contribution in [0, 0.1) is 5.82 Å². The number of halogens is 1.